The van der Waals surface area contributed by atoms with Gasteiger partial charge in [0.15, 0.2) is 0 Å². The molecule has 2 N–H and O–H groups in total. The van der Waals surface area contributed by atoms with Crippen LogP contribution in [-0.2, 0) is 14.8 Å². The first-order valence-electron chi connectivity index (χ1n) is 6.70. The molecule has 1 aromatic carbocycles. The maximum Gasteiger partial charge on any atom is 0.308 e. The molecule has 0 spiro atoms. The van der Waals surface area contributed by atoms with Gasteiger partial charge >= 0.3 is 5.97 Å². The Morgan fingerprint density at radius 1 is 1.35 bits per heavy atom. The number of nitrogens with one attached hydrogen (secondary N) is 1. The van der Waals surface area contributed by atoms with Crippen molar-refractivity contribution in [1.82, 2.24) is 9.62 Å². The van der Waals surface area contributed by atoms with Crippen molar-refractivity contribution >= 4 is 21.9 Å². The van der Waals surface area contributed by atoms with Crippen molar-refractivity contribution in [2.45, 2.75) is 11.8 Å². The van der Waals surface area contributed by atoms with E-state index in [1.165, 1.54) is 43.1 Å². The van der Waals surface area contributed by atoms with Crippen molar-refractivity contribution in [3.05, 3.63) is 29.8 Å². The number of carbonyl (C=O) groups excluding carboxylic acids is 1. The van der Waals surface area contributed by atoms with Crippen LogP contribution in [0.3, 0.4) is 0 Å². The summed E-state index contributed by atoms with van der Waals surface area (Å²) in [7, 11) is -2.22. The van der Waals surface area contributed by atoms with Gasteiger partial charge in [0, 0.05) is 19.2 Å². The molecule has 1 amide bonds. The predicted molar refractivity (Wildman–Crippen MR) is 84.2 cm³/mol. The van der Waals surface area contributed by atoms with Crippen LogP contribution in [0, 0.1) is 18.3 Å². The van der Waals surface area contributed by atoms with Crippen LogP contribution >= 0.6 is 0 Å². The monoisotopic (exact) mass is 338 g/mol. The molecular weight excluding hydrogens is 320 g/mol. The molecule has 1 rings (SSSR count). The van der Waals surface area contributed by atoms with Crippen LogP contribution in [0.4, 0.5) is 0 Å². The van der Waals surface area contributed by atoms with E-state index >= 15 is 0 Å². The summed E-state index contributed by atoms with van der Waals surface area (Å²) < 4.78 is 25.9. The van der Waals surface area contributed by atoms with Gasteiger partial charge in [-0.15, -0.1) is 6.42 Å². The van der Waals surface area contributed by atoms with Gasteiger partial charge in [-0.1, -0.05) is 12.8 Å². The van der Waals surface area contributed by atoms with Crippen LogP contribution < -0.4 is 4.72 Å². The summed E-state index contributed by atoms with van der Waals surface area (Å²) in [6.07, 6.45) is 5.00. The van der Waals surface area contributed by atoms with Gasteiger partial charge in [-0.2, -0.15) is 4.72 Å². The Kier molecular flexibility index (Phi) is 6.30. The van der Waals surface area contributed by atoms with E-state index in [4.69, 9.17) is 11.5 Å². The van der Waals surface area contributed by atoms with E-state index in [2.05, 4.69) is 10.6 Å². The largest absolute Gasteiger partial charge is 0.481 e. The average Bonchev–Trinajstić information content (AvgIpc) is 2.52. The Labute approximate surface area is 135 Å². The fourth-order valence-corrected chi connectivity index (χ4v) is 2.72. The van der Waals surface area contributed by atoms with E-state index in [1.807, 2.05) is 0 Å². The van der Waals surface area contributed by atoms with Crippen molar-refractivity contribution < 1.29 is 23.1 Å². The molecule has 0 aliphatic carbocycles. The summed E-state index contributed by atoms with van der Waals surface area (Å²) in [6, 6.07) is 5.32. The summed E-state index contributed by atoms with van der Waals surface area (Å²) in [4.78, 5) is 24.3. The molecule has 7 nitrogen and oxygen atoms in total. The lowest BCUT2D eigenvalue weighted by Gasteiger charge is -2.19. The predicted octanol–water partition coefficient (Wildman–Crippen LogP) is 0.391. The molecule has 23 heavy (non-hydrogen) atoms. The van der Waals surface area contributed by atoms with Crippen molar-refractivity contribution in [2.75, 3.05) is 20.1 Å². The molecule has 0 saturated carbocycles. The van der Waals surface area contributed by atoms with Gasteiger partial charge in [-0.3, -0.25) is 9.59 Å². The minimum Gasteiger partial charge on any atom is -0.481 e. The molecule has 8 heteroatoms. The third-order valence-corrected chi connectivity index (χ3v) is 4.51. The fraction of sp³-hybridized carbons (Fsp3) is 0.333. The Hall–Kier alpha value is -2.37. The van der Waals surface area contributed by atoms with E-state index < -0.39 is 27.8 Å². The second kappa shape index (κ2) is 7.76. The maximum atomic E-state index is 12.2. The topological polar surface area (TPSA) is 104 Å². The van der Waals surface area contributed by atoms with Gasteiger partial charge in [0.1, 0.15) is 0 Å². The number of nitrogens with zero attached hydrogens (tertiary/aromatic N) is 1. The first-order valence-corrected chi connectivity index (χ1v) is 8.19. The number of sulfonamides is 1. The minimum atomic E-state index is -3.71. The van der Waals surface area contributed by atoms with Crippen LogP contribution in [0.5, 0.6) is 0 Å². The SMILES string of the molecule is C#CCNS(=O)(=O)c1ccc(C(=O)N(C)CC(C)C(=O)O)cc1. The number of hydrogen-bond donors (Lipinski definition) is 2. The van der Waals surface area contributed by atoms with Gasteiger partial charge in [0.2, 0.25) is 10.0 Å². The van der Waals surface area contributed by atoms with E-state index in [0.717, 1.165) is 0 Å². The van der Waals surface area contributed by atoms with Crippen molar-refractivity contribution in [2.24, 2.45) is 5.92 Å². The smallest absolute Gasteiger partial charge is 0.308 e. The van der Waals surface area contributed by atoms with Crippen molar-refractivity contribution in [3.8, 4) is 12.3 Å². The Morgan fingerprint density at radius 3 is 2.39 bits per heavy atom. The lowest BCUT2D eigenvalue weighted by atomic mass is 10.1. The Bertz CT molecular complexity index is 719. The normalized spacial score (nSPS) is 12.2. The highest BCUT2D eigenvalue weighted by Gasteiger charge is 2.19. The zero-order chi connectivity index (χ0) is 17.6. The van der Waals surface area contributed by atoms with Crippen molar-refractivity contribution in [3.63, 3.8) is 0 Å². The number of rotatable bonds is 7. The summed E-state index contributed by atoms with van der Waals surface area (Å²) in [5.41, 5.74) is 0.265. The maximum absolute atomic E-state index is 12.2. The van der Waals surface area contributed by atoms with Gasteiger partial charge in [0.05, 0.1) is 17.4 Å². The summed E-state index contributed by atoms with van der Waals surface area (Å²) >= 11 is 0. The number of carboxylic acids is 1. The summed E-state index contributed by atoms with van der Waals surface area (Å²) in [5.74, 6) is 0.0838. The molecule has 0 aromatic heterocycles. The van der Waals surface area contributed by atoms with E-state index in [0.29, 0.717) is 0 Å². The lowest BCUT2D eigenvalue weighted by molar-refractivity contribution is -0.141. The Balaban J connectivity index is 2.86. The van der Waals surface area contributed by atoms with Gasteiger partial charge in [-0.05, 0) is 24.3 Å². The molecule has 0 bridgehead atoms. The molecule has 1 unspecified atom stereocenters. The minimum absolute atomic E-state index is 0.00847. The van der Waals surface area contributed by atoms with Gasteiger partial charge in [-0.25, -0.2) is 8.42 Å². The zero-order valence-electron chi connectivity index (χ0n) is 12.8. The number of benzene rings is 1. The molecule has 0 aliphatic rings. The van der Waals surface area contributed by atoms with Crippen LogP contribution in [0.1, 0.15) is 17.3 Å². The number of hydrogen-bond acceptors (Lipinski definition) is 4. The highest BCUT2D eigenvalue weighted by atomic mass is 32.2. The molecule has 124 valence electrons. The quantitative estimate of drug-likeness (QED) is 0.700. The number of terminal acetylenes is 1. The number of amides is 1. The molecule has 0 radical (unpaired) electrons. The number of aliphatic carboxylic acids is 1. The van der Waals surface area contributed by atoms with Crippen LogP contribution in [-0.4, -0.2) is 50.4 Å². The highest BCUT2D eigenvalue weighted by molar-refractivity contribution is 7.89. The Morgan fingerprint density at radius 2 is 1.91 bits per heavy atom. The van der Waals surface area contributed by atoms with Crippen LogP contribution in [0.15, 0.2) is 29.2 Å². The van der Waals surface area contributed by atoms with E-state index in [1.54, 1.807) is 0 Å². The number of carboxylic acid groups (broad SMARTS) is 1. The molecule has 1 atom stereocenters. The summed E-state index contributed by atoms with van der Waals surface area (Å²) in [6.45, 7) is 1.43. The molecular formula is C15H18N2O5S. The molecule has 0 heterocycles. The van der Waals surface area contributed by atoms with Crippen LogP contribution in [0.2, 0.25) is 0 Å². The summed E-state index contributed by atoms with van der Waals surface area (Å²) in [5, 5.41) is 8.85. The molecule has 0 fully saturated rings. The third-order valence-electron chi connectivity index (χ3n) is 3.09. The average molecular weight is 338 g/mol. The first kappa shape index (κ1) is 18.7. The standard InChI is InChI=1S/C15H18N2O5S/c1-4-9-16-23(21,22)13-7-5-12(6-8-13)14(18)17(3)10-11(2)15(19)20/h1,5-8,11,16H,9-10H2,2-3H3,(H,19,20). The van der Waals surface area contributed by atoms with Crippen LogP contribution in [0.25, 0.3) is 0 Å². The first-order chi connectivity index (χ1) is 10.7. The molecule has 0 saturated heterocycles. The molecule has 0 aliphatic heterocycles. The van der Waals surface area contributed by atoms with E-state index in [-0.39, 0.29) is 23.5 Å². The zero-order valence-corrected chi connectivity index (χ0v) is 13.6. The highest BCUT2D eigenvalue weighted by Crippen LogP contribution is 2.12. The molecule has 1 aromatic rings. The second-order valence-corrected chi connectivity index (χ2v) is 6.74. The van der Waals surface area contributed by atoms with E-state index in [9.17, 15) is 18.0 Å². The van der Waals surface area contributed by atoms with Gasteiger partial charge < -0.3 is 10.0 Å². The third kappa shape index (κ3) is 5.09. The van der Waals surface area contributed by atoms with Crippen molar-refractivity contribution in [1.29, 1.82) is 0 Å². The fourth-order valence-electron chi connectivity index (χ4n) is 1.79. The second-order valence-electron chi connectivity index (χ2n) is 4.98. The lowest BCUT2D eigenvalue weighted by Crippen LogP contribution is -2.33. The van der Waals surface area contributed by atoms with Gasteiger partial charge in [0.25, 0.3) is 5.91 Å². The number of carbonyl (C=O) groups is 2.